The molecule has 6 heteroatoms. The number of ether oxygens (including phenoxy) is 2. The lowest BCUT2D eigenvalue weighted by Crippen LogP contribution is -2.46. The van der Waals surface area contributed by atoms with Gasteiger partial charge in [0.1, 0.15) is 12.1 Å². The number of carbonyl (C=O) groups is 2. The molecule has 0 aromatic heterocycles. The number of hydrogen-bond acceptors (Lipinski definition) is 4. The third-order valence-electron chi connectivity index (χ3n) is 4.39. The Morgan fingerprint density at radius 2 is 1.95 bits per heavy atom. The minimum atomic E-state index is -0.971. The Labute approximate surface area is 111 Å². The molecule has 2 heterocycles. The first-order valence-corrected chi connectivity index (χ1v) is 7.00. The van der Waals surface area contributed by atoms with Gasteiger partial charge in [-0.1, -0.05) is 0 Å². The van der Waals surface area contributed by atoms with Crippen LogP contribution < -0.4 is 0 Å². The van der Waals surface area contributed by atoms with Crippen molar-refractivity contribution in [2.24, 2.45) is 0 Å². The second-order valence-corrected chi connectivity index (χ2v) is 5.55. The maximum absolute atomic E-state index is 12.2. The first-order valence-electron chi connectivity index (χ1n) is 7.00. The normalized spacial score (nSPS) is 34.5. The van der Waals surface area contributed by atoms with Gasteiger partial charge in [-0.05, 0) is 32.1 Å². The van der Waals surface area contributed by atoms with Crippen molar-refractivity contribution >= 4 is 12.1 Å². The van der Waals surface area contributed by atoms with Crippen molar-refractivity contribution in [1.29, 1.82) is 0 Å². The molecule has 0 radical (unpaired) electrons. The lowest BCUT2D eigenvalue weighted by molar-refractivity contribution is -0.142. The Morgan fingerprint density at radius 3 is 2.63 bits per heavy atom. The molecule has 3 fully saturated rings. The van der Waals surface area contributed by atoms with Crippen LogP contribution in [0.3, 0.4) is 0 Å². The van der Waals surface area contributed by atoms with E-state index < -0.39 is 18.1 Å². The lowest BCUT2D eigenvalue weighted by Gasteiger charge is -2.27. The van der Waals surface area contributed by atoms with Crippen molar-refractivity contribution in [3.05, 3.63) is 0 Å². The Hall–Kier alpha value is -1.30. The van der Waals surface area contributed by atoms with Crippen LogP contribution >= 0.6 is 0 Å². The van der Waals surface area contributed by atoms with Gasteiger partial charge in [-0.2, -0.15) is 0 Å². The van der Waals surface area contributed by atoms with Crippen molar-refractivity contribution in [3.8, 4) is 0 Å². The van der Waals surface area contributed by atoms with Gasteiger partial charge in [0.15, 0.2) is 0 Å². The van der Waals surface area contributed by atoms with Crippen molar-refractivity contribution in [2.45, 2.75) is 62.8 Å². The van der Waals surface area contributed by atoms with Gasteiger partial charge >= 0.3 is 12.1 Å². The molecule has 19 heavy (non-hydrogen) atoms. The van der Waals surface area contributed by atoms with E-state index in [4.69, 9.17) is 9.47 Å². The van der Waals surface area contributed by atoms with E-state index in [1.165, 1.54) is 4.90 Å². The molecular formula is C13H19NO5. The van der Waals surface area contributed by atoms with Crippen LogP contribution in [0.1, 0.15) is 38.5 Å². The zero-order valence-corrected chi connectivity index (χ0v) is 10.8. The molecule has 106 valence electrons. The number of amides is 1. The number of fused-ring (bicyclic) bond motifs is 1. The van der Waals surface area contributed by atoms with Crippen LogP contribution in [0.5, 0.6) is 0 Å². The van der Waals surface area contributed by atoms with Crippen molar-refractivity contribution < 1.29 is 24.2 Å². The fraction of sp³-hybridized carbons (Fsp3) is 0.846. The molecule has 1 N–H and O–H groups in total. The Morgan fingerprint density at radius 1 is 1.21 bits per heavy atom. The number of hydrogen-bond donors (Lipinski definition) is 1. The average molecular weight is 269 g/mol. The summed E-state index contributed by atoms with van der Waals surface area (Å²) in [5, 5.41) is 9.24. The second-order valence-electron chi connectivity index (χ2n) is 5.55. The highest BCUT2D eigenvalue weighted by atomic mass is 16.6. The van der Waals surface area contributed by atoms with E-state index in [-0.39, 0.29) is 18.2 Å². The van der Waals surface area contributed by atoms with Gasteiger partial charge in [0.2, 0.25) is 0 Å². The molecular weight excluding hydrogens is 250 g/mol. The van der Waals surface area contributed by atoms with Crippen molar-refractivity contribution in [3.63, 3.8) is 0 Å². The average Bonchev–Trinajstić information content (AvgIpc) is 3.02. The predicted octanol–water partition coefficient (Wildman–Crippen LogP) is 1.38. The molecule has 0 aromatic carbocycles. The van der Waals surface area contributed by atoms with Gasteiger partial charge in [-0.3, -0.25) is 4.90 Å². The van der Waals surface area contributed by atoms with Crippen LogP contribution in [-0.4, -0.2) is 53.0 Å². The van der Waals surface area contributed by atoms with Gasteiger partial charge < -0.3 is 14.6 Å². The van der Waals surface area contributed by atoms with E-state index in [2.05, 4.69) is 0 Å². The summed E-state index contributed by atoms with van der Waals surface area (Å²) in [5.74, 6) is -0.971. The molecule has 1 aliphatic carbocycles. The molecule has 1 saturated carbocycles. The number of carboxylic acids is 1. The molecule has 2 saturated heterocycles. The van der Waals surface area contributed by atoms with E-state index in [0.29, 0.717) is 19.4 Å². The zero-order valence-electron chi connectivity index (χ0n) is 10.8. The third-order valence-corrected chi connectivity index (χ3v) is 4.39. The third kappa shape index (κ3) is 2.29. The summed E-state index contributed by atoms with van der Waals surface area (Å²) in [6.07, 6.45) is 4.36. The fourth-order valence-electron chi connectivity index (χ4n) is 3.44. The van der Waals surface area contributed by atoms with E-state index in [1.54, 1.807) is 0 Å². The zero-order chi connectivity index (χ0) is 13.4. The summed E-state index contributed by atoms with van der Waals surface area (Å²) in [6.45, 7) is 0.592. The molecule has 3 aliphatic rings. The van der Waals surface area contributed by atoms with E-state index in [0.717, 1.165) is 25.7 Å². The number of carboxylic acid groups (broad SMARTS) is 1. The molecule has 1 amide bonds. The molecule has 3 rings (SSSR count). The Bertz CT molecular complexity index is 379. The summed E-state index contributed by atoms with van der Waals surface area (Å²) >= 11 is 0. The molecule has 2 aliphatic heterocycles. The van der Waals surface area contributed by atoms with E-state index >= 15 is 0 Å². The fourth-order valence-corrected chi connectivity index (χ4v) is 3.44. The first-order chi connectivity index (χ1) is 9.16. The number of nitrogens with zero attached hydrogens (tertiary/aromatic N) is 1. The Kier molecular flexibility index (Phi) is 3.35. The topological polar surface area (TPSA) is 76.1 Å². The standard InChI is InChI=1S/C13H19NO5/c15-12(16)10-7-11-9(5-6-18-11)14(10)13(17)19-8-3-1-2-4-8/h8-11H,1-7H2,(H,15,16)/t9-,10?,11-/m0/s1. The van der Waals surface area contributed by atoms with Crippen LogP contribution in [0, 0.1) is 0 Å². The number of likely N-dealkylation sites (tertiary alicyclic amines) is 1. The summed E-state index contributed by atoms with van der Waals surface area (Å²) in [7, 11) is 0. The first kappa shape index (κ1) is 12.7. The summed E-state index contributed by atoms with van der Waals surface area (Å²) in [4.78, 5) is 24.9. The van der Waals surface area contributed by atoms with E-state index in [1.807, 2.05) is 0 Å². The quantitative estimate of drug-likeness (QED) is 0.819. The smallest absolute Gasteiger partial charge is 0.411 e. The summed E-state index contributed by atoms with van der Waals surface area (Å²) in [6, 6.07) is -0.931. The largest absolute Gasteiger partial charge is 0.480 e. The summed E-state index contributed by atoms with van der Waals surface area (Å²) < 4.78 is 10.9. The van der Waals surface area contributed by atoms with Gasteiger partial charge in [-0.25, -0.2) is 9.59 Å². The van der Waals surface area contributed by atoms with Crippen molar-refractivity contribution in [2.75, 3.05) is 6.61 Å². The number of aliphatic carboxylic acids is 1. The molecule has 0 bridgehead atoms. The van der Waals surface area contributed by atoms with Crippen LogP contribution in [0.15, 0.2) is 0 Å². The highest BCUT2D eigenvalue weighted by Gasteiger charge is 2.51. The van der Waals surface area contributed by atoms with Crippen molar-refractivity contribution in [1.82, 2.24) is 4.90 Å². The molecule has 3 atom stereocenters. The molecule has 6 nitrogen and oxygen atoms in total. The Balaban J connectivity index is 1.71. The van der Waals surface area contributed by atoms with Crippen LogP contribution in [0.2, 0.25) is 0 Å². The van der Waals surface area contributed by atoms with E-state index in [9.17, 15) is 14.7 Å². The van der Waals surface area contributed by atoms with Gasteiger partial charge in [0.05, 0.1) is 12.1 Å². The van der Waals surface area contributed by atoms with Crippen LogP contribution in [-0.2, 0) is 14.3 Å². The highest BCUT2D eigenvalue weighted by Crippen LogP contribution is 2.35. The highest BCUT2D eigenvalue weighted by molar-refractivity contribution is 5.81. The molecule has 1 unspecified atom stereocenters. The number of carbonyl (C=O) groups excluding carboxylic acids is 1. The summed E-state index contributed by atoms with van der Waals surface area (Å²) in [5.41, 5.74) is 0. The second kappa shape index (κ2) is 5.00. The van der Waals surface area contributed by atoms with Crippen LogP contribution in [0.4, 0.5) is 4.79 Å². The van der Waals surface area contributed by atoms with Gasteiger partial charge in [0.25, 0.3) is 0 Å². The molecule has 0 aromatic rings. The van der Waals surface area contributed by atoms with Gasteiger partial charge in [-0.15, -0.1) is 0 Å². The molecule has 0 spiro atoms. The predicted molar refractivity (Wildman–Crippen MR) is 64.8 cm³/mol. The SMILES string of the molecule is O=C(O)C1C[C@@H]2OCC[C@@H]2N1C(=O)OC1CCCC1. The van der Waals surface area contributed by atoms with Crippen LogP contribution in [0.25, 0.3) is 0 Å². The maximum atomic E-state index is 12.2. The van der Waals surface area contributed by atoms with Gasteiger partial charge in [0, 0.05) is 13.0 Å². The monoisotopic (exact) mass is 269 g/mol. The number of rotatable bonds is 2. The minimum absolute atomic E-state index is 0.0386. The lowest BCUT2D eigenvalue weighted by atomic mass is 10.1. The minimum Gasteiger partial charge on any atom is -0.480 e. The maximum Gasteiger partial charge on any atom is 0.411 e.